The van der Waals surface area contributed by atoms with Gasteiger partial charge in [-0.05, 0) is 12.1 Å². The van der Waals surface area contributed by atoms with Crippen LogP contribution < -0.4 is 10.5 Å². The van der Waals surface area contributed by atoms with Crippen molar-refractivity contribution in [1.82, 2.24) is 0 Å². The Kier molecular flexibility index (Phi) is 2.02. The lowest BCUT2D eigenvalue weighted by Gasteiger charge is -2.04. The van der Waals surface area contributed by atoms with Crippen molar-refractivity contribution in [2.45, 2.75) is 12.5 Å². The summed E-state index contributed by atoms with van der Waals surface area (Å²) in [5.74, 6) is 0.633. The molecule has 1 aromatic carbocycles. The fraction of sp³-hybridized carbons (Fsp3) is 0.300. The molecule has 3 heteroatoms. The third kappa shape index (κ3) is 1.42. The van der Waals surface area contributed by atoms with Gasteiger partial charge in [0.05, 0.1) is 18.2 Å². The molecule has 2 rings (SSSR count). The molecular weight excluding hydrogens is 166 g/mol. The highest BCUT2D eigenvalue weighted by molar-refractivity contribution is 6.02. The SMILES string of the molecule is N[C@@H]1CCOc2ccccc2C1=O. The molecule has 1 atom stereocenters. The van der Waals surface area contributed by atoms with Crippen LogP contribution in [0.3, 0.4) is 0 Å². The first-order chi connectivity index (χ1) is 6.29. The van der Waals surface area contributed by atoms with Gasteiger partial charge in [0.1, 0.15) is 5.75 Å². The summed E-state index contributed by atoms with van der Waals surface area (Å²) in [4.78, 5) is 11.6. The zero-order valence-corrected chi connectivity index (χ0v) is 7.19. The van der Waals surface area contributed by atoms with Crippen molar-refractivity contribution in [3.8, 4) is 5.75 Å². The first-order valence-corrected chi connectivity index (χ1v) is 4.30. The number of ketones is 1. The lowest BCUT2D eigenvalue weighted by atomic mass is 10.0. The number of ether oxygens (including phenoxy) is 1. The average Bonchev–Trinajstić information content (AvgIpc) is 2.29. The molecule has 0 bridgehead atoms. The quantitative estimate of drug-likeness (QED) is 0.642. The molecule has 0 radical (unpaired) electrons. The van der Waals surface area contributed by atoms with Gasteiger partial charge < -0.3 is 10.5 Å². The van der Waals surface area contributed by atoms with Crippen molar-refractivity contribution in [2.75, 3.05) is 6.61 Å². The van der Waals surface area contributed by atoms with Gasteiger partial charge in [0.2, 0.25) is 0 Å². The number of Topliss-reactive ketones (excluding diaryl/α,β-unsaturated/α-hetero) is 1. The Morgan fingerprint density at radius 3 is 3.00 bits per heavy atom. The molecule has 0 saturated carbocycles. The maximum atomic E-state index is 11.6. The zero-order valence-electron chi connectivity index (χ0n) is 7.19. The highest BCUT2D eigenvalue weighted by Crippen LogP contribution is 2.22. The second kappa shape index (κ2) is 3.18. The number of hydrogen-bond donors (Lipinski definition) is 1. The van der Waals surface area contributed by atoms with Crippen LogP contribution in [0.4, 0.5) is 0 Å². The topological polar surface area (TPSA) is 52.3 Å². The molecular formula is C10H11NO2. The highest BCUT2D eigenvalue weighted by Gasteiger charge is 2.22. The minimum Gasteiger partial charge on any atom is -0.493 e. The third-order valence-electron chi connectivity index (χ3n) is 2.18. The zero-order chi connectivity index (χ0) is 9.26. The minimum atomic E-state index is -0.413. The molecule has 1 aromatic rings. The predicted molar refractivity (Wildman–Crippen MR) is 48.9 cm³/mol. The second-order valence-electron chi connectivity index (χ2n) is 3.10. The Morgan fingerprint density at radius 2 is 2.15 bits per heavy atom. The number of benzene rings is 1. The fourth-order valence-corrected chi connectivity index (χ4v) is 1.42. The highest BCUT2D eigenvalue weighted by atomic mass is 16.5. The van der Waals surface area contributed by atoms with Gasteiger partial charge in [0.15, 0.2) is 5.78 Å². The van der Waals surface area contributed by atoms with Crippen LogP contribution in [0.5, 0.6) is 5.75 Å². The smallest absolute Gasteiger partial charge is 0.183 e. The first kappa shape index (κ1) is 8.26. The Bertz CT molecular complexity index is 335. The molecule has 0 aromatic heterocycles. The van der Waals surface area contributed by atoms with Gasteiger partial charge in [0.25, 0.3) is 0 Å². The van der Waals surface area contributed by atoms with Crippen molar-refractivity contribution in [2.24, 2.45) is 5.73 Å². The lowest BCUT2D eigenvalue weighted by molar-refractivity contribution is 0.0960. The molecule has 68 valence electrons. The lowest BCUT2D eigenvalue weighted by Crippen LogP contribution is -2.30. The van der Waals surface area contributed by atoms with Crippen LogP contribution in [0.15, 0.2) is 24.3 Å². The first-order valence-electron chi connectivity index (χ1n) is 4.30. The standard InChI is InChI=1S/C10H11NO2/c11-8-5-6-13-9-4-2-1-3-7(9)10(8)12/h1-4,8H,5-6,11H2/t8-/m1/s1. The molecule has 0 saturated heterocycles. The minimum absolute atomic E-state index is 0.0203. The van der Waals surface area contributed by atoms with Crippen LogP contribution in [0.25, 0.3) is 0 Å². The average molecular weight is 177 g/mol. The second-order valence-corrected chi connectivity index (χ2v) is 3.10. The van der Waals surface area contributed by atoms with E-state index >= 15 is 0 Å². The van der Waals surface area contributed by atoms with Crippen molar-refractivity contribution in [3.05, 3.63) is 29.8 Å². The molecule has 1 heterocycles. The van der Waals surface area contributed by atoms with Crippen LogP contribution >= 0.6 is 0 Å². The monoisotopic (exact) mass is 177 g/mol. The Labute approximate surface area is 76.5 Å². The summed E-state index contributed by atoms with van der Waals surface area (Å²) in [5, 5.41) is 0. The maximum Gasteiger partial charge on any atom is 0.183 e. The van der Waals surface area contributed by atoms with E-state index < -0.39 is 6.04 Å². The summed E-state index contributed by atoms with van der Waals surface area (Å²) in [6.07, 6.45) is 0.591. The van der Waals surface area contributed by atoms with E-state index in [1.165, 1.54) is 0 Å². The van der Waals surface area contributed by atoms with E-state index in [4.69, 9.17) is 10.5 Å². The van der Waals surface area contributed by atoms with Crippen LogP contribution in [-0.2, 0) is 0 Å². The van der Waals surface area contributed by atoms with Gasteiger partial charge in [-0.1, -0.05) is 12.1 Å². The van der Waals surface area contributed by atoms with Crippen LogP contribution in [-0.4, -0.2) is 18.4 Å². The van der Waals surface area contributed by atoms with E-state index in [2.05, 4.69) is 0 Å². The predicted octanol–water partition coefficient (Wildman–Crippen LogP) is 0.979. The molecule has 0 aliphatic carbocycles. The van der Waals surface area contributed by atoms with E-state index in [0.29, 0.717) is 24.3 Å². The number of hydrogen-bond acceptors (Lipinski definition) is 3. The van der Waals surface area contributed by atoms with E-state index in [0.717, 1.165) is 0 Å². The van der Waals surface area contributed by atoms with Gasteiger partial charge in [-0.15, -0.1) is 0 Å². The van der Waals surface area contributed by atoms with Crippen molar-refractivity contribution in [3.63, 3.8) is 0 Å². The Hall–Kier alpha value is -1.35. The molecule has 0 amide bonds. The van der Waals surface area contributed by atoms with Crippen LogP contribution in [0.2, 0.25) is 0 Å². The van der Waals surface area contributed by atoms with Gasteiger partial charge in [-0.25, -0.2) is 0 Å². The van der Waals surface area contributed by atoms with E-state index in [1.54, 1.807) is 12.1 Å². The van der Waals surface area contributed by atoms with Crippen molar-refractivity contribution < 1.29 is 9.53 Å². The number of para-hydroxylation sites is 1. The maximum absolute atomic E-state index is 11.6. The van der Waals surface area contributed by atoms with E-state index in [1.807, 2.05) is 12.1 Å². The van der Waals surface area contributed by atoms with Gasteiger partial charge >= 0.3 is 0 Å². The summed E-state index contributed by atoms with van der Waals surface area (Å²) in [6, 6.07) is 6.80. The molecule has 0 unspecified atom stereocenters. The third-order valence-corrected chi connectivity index (χ3v) is 2.18. The molecule has 13 heavy (non-hydrogen) atoms. The molecule has 1 aliphatic rings. The van der Waals surface area contributed by atoms with E-state index in [9.17, 15) is 4.79 Å². The number of rotatable bonds is 0. The summed E-state index contributed by atoms with van der Waals surface area (Å²) < 4.78 is 5.39. The van der Waals surface area contributed by atoms with Crippen LogP contribution in [0.1, 0.15) is 16.8 Å². The van der Waals surface area contributed by atoms with Gasteiger partial charge in [-0.2, -0.15) is 0 Å². The summed E-state index contributed by atoms with van der Waals surface area (Å²) in [7, 11) is 0. The number of carbonyl (C=O) groups is 1. The number of fused-ring (bicyclic) bond motifs is 1. The molecule has 2 N–H and O–H groups in total. The molecule has 0 spiro atoms. The number of nitrogens with two attached hydrogens (primary N) is 1. The normalized spacial score (nSPS) is 21.6. The number of carbonyl (C=O) groups excluding carboxylic acids is 1. The Balaban J connectivity index is 2.46. The summed E-state index contributed by atoms with van der Waals surface area (Å²) >= 11 is 0. The molecule has 3 nitrogen and oxygen atoms in total. The van der Waals surface area contributed by atoms with Crippen molar-refractivity contribution in [1.29, 1.82) is 0 Å². The largest absolute Gasteiger partial charge is 0.493 e. The van der Waals surface area contributed by atoms with Gasteiger partial charge in [0, 0.05) is 6.42 Å². The van der Waals surface area contributed by atoms with Crippen molar-refractivity contribution >= 4 is 5.78 Å². The van der Waals surface area contributed by atoms with E-state index in [-0.39, 0.29) is 5.78 Å². The summed E-state index contributed by atoms with van der Waals surface area (Å²) in [5.41, 5.74) is 6.27. The summed E-state index contributed by atoms with van der Waals surface area (Å²) in [6.45, 7) is 0.518. The Morgan fingerprint density at radius 1 is 1.38 bits per heavy atom. The molecule has 1 aliphatic heterocycles. The fourth-order valence-electron chi connectivity index (χ4n) is 1.42. The molecule has 0 fully saturated rings. The van der Waals surface area contributed by atoms with Gasteiger partial charge in [-0.3, -0.25) is 4.79 Å². The van der Waals surface area contributed by atoms with Crippen LogP contribution in [0, 0.1) is 0 Å².